The summed E-state index contributed by atoms with van der Waals surface area (Å²) >= 11 is 0. The molecule has 0 radical (unpaired) electrons. The molecule has 0 bridgehead atoms. The van der Waals surface area contributed by atoms with E-state index in [-0.39, 0.29) is 36.9 Å². The molecule has 2 aliphatic rings. The Morgan fingerprint density at radius 3 is 3.08 bits per heavy atom. The third-order valence-electron chi connectivity index (χ3n) is 2.07. The van der Waals surface area contributed by atoms with Gasteiger partial charge in [0.25, 0.3) is 0 Å². The molecule has 0 aromatic rings. The lowest BCUT2D eigenvalue weighted by Crippen LogP contribution is -2.33. The molecule has 0 unspecified atom stereocenters. The molecule has 5 nitrogen and oxygen atoms in total. The molecule has 0 aromatic carbocycles. The predicted octanol–water partition coefficient (Wildman–Crippen LogP) is -0.368. The van der Waals surface area contributed by atoms with Crippen LogP contribution in [0.1, 0.15) is 13.3 Å². The Morgan fingerprint density at radius 1 is 1.69 bits per heavy atom. The highest BCUT2D eigenvalue weighted by molar-refractivity contribution is 5.79. The first-order valence-corrected chi connectivity index (χ1v) is 4.16. The van der Waals surface area contributed by atoms with Crippen molar-refractivity contribution >= 4 is 11.9 Å². The van der Waals surface area contributed by atoms with E-state index in [1.165, 1.54) is 6.92 Å². The summed E-state index contributed by atoms with van der Waals surface area (Å²) in [5.74, 6) is -0.705. The Hall–Kier alpha value is -1.10. The zero-order valence-corrected chi connectivity index (χ0v) is 7.19. The highest BCUT2D eigenvalue weighted by Gasteiger charge is 2.52. The van der Waals surface area contributed by atoms with Crippen molar-refractivity contribution in [3.8, 4) is 0 Å². The molecule has 5 heteroatoms. The highest BCUT2D eigenvalue weighted by atomic mass is 16.7. The highest BCUT2D eigenvalue weighted by Crippen LogP contribution is 2.33. The third kappa shape index (κ3) is 1.80. The minimum absolute atomic E-state index is 0.0122. The Morgan fingerprint density at radius 2 is 2.46 bits per heavy atom. The van der Waals surface area contributed by atoms with E-state index in [0.29, 0.717) is 6.42 Å². The molecule has 0 saturated carbocycles. The Kier molecular flexibility index (Phi) is 1.95. The zero-order valence-electron chi connectivity index (χ0n) is 7.19. The summed E-state index contributed by atoms with van der Waals surface area (Å²) in [7, 11) is 0. The first kappa shape index (κ1) is 8.50. The van der Waals surface area contributed by atoms with Gasteiger partial charge >= 0.3 is 11.9 Å². The molecule has 0 aliphatic carbocycles. The second kappa shape index (κ2) is 2.99. The van der Waals surface area contributed by atoms with Crippen LogP contribution in [0.4, 0.5) is 0 Å². The molecule has 13 heavy (non-hydrogen) atoms. The molecule has 3 atom stereocenters. The van der Waals surface area contributed by atoms with Crippen molar-refractivity contribution in [3.63, 3.8) is 0 Å². The van der Waals surface area contributed by atoms with E-state index < -0.39 is 0 Å². The maximum absolute atomic E-state index is 11.0. The van der Waals surface area contributed by atoms with E-state index >= 15 is 0 Å². The molecule has 2 heterocycles. The average molecular weight is 186 g/mol. The SMILES string of the molecule is CC(=O)OC[C@@H]1C[C@H]2O[C@H]2C(=O)O1. The summed E-state index contributed by atoms with van der Waals surface area (Å²) in [6.07, 6.45) is -0.0699. The van der Waals surface area contributed by atoms with Crippen LogP contribution < -0.4 is 0 Å². The first-order chi connectivity index (χ1) is 6.16. The van der Waals surface area contributed by atoms with E-state index in [2.05, 4.69) is 0 Å². The molecule has 0 N–H and O–H groups in total. The Labute approximate surface area is 74.9 Å². The number of fused-ring (bicyclic) bond motifs is 1. The minimum Gasteiger partial charge on any atom is -0.462 e. The molecule has 2 rings (SSSR count). The monoisotopic (exact) mass is 186 g/mol. The van der Waals surface area contributed by atoms with Crippen molar-refractivity contribution < 1.29 is 23.8 Å². The second-order valence-corrected chi connectivity index (χ2v) is 3.19. The number of cyclic esters (lactones) is 1. The predicted molar refractivity (Wildman–Crippen MR) is 39.8 cm³/mol. The number of ether oxygens (including phenoxy) is 3. The van der Waals surface area contributed by atoms with Crippen molar-refractivity contribution in [1.29, 1.82) is 0 Å². The number of hydrogen-bond acceptors (Lipinski definition) is 5. The van der Waals surface area contributed by atoms with Crippen LogP contribution in [0, 0.1) is 0 Å². The fourth-order valence-corrected chi connectivity index (χ4v) is 1.38. The van der Waals surface area contributed by atoms with Gasteiger partial charge in [-0.3, -0.25) is 4.79 Å². The van der Waals surface area contributed by atoms with Crippen molar-refractivity contribution in [1.82, 2.24) is 0 Å². The molecule has 2 saturated heterocycles. The number of esters is 2. The number of rotatable bonds is 2. The van der Waals surface area contributed by atoms with Crippen molar-refractivity contribution in [2.75, 3.05) is 6.61 Å². The standard InChI is InChI=1S/C8H10O5/c1-4(9)11-3-5-2-6-7(13-6)8(10)12-5/h5-7H,2-3H2,1H3/t5-,6+,7+/m0/s1. The van der Waals surface area contributed by atoms with Crippen LogP contribution >= 0.6 is 0 Å². The first-order valence-electron chi connectivity index (χ1n) is 4.16. The summed E-state index contributed by atoms with van der Waals surface area (Å²) in [5.41, 5.74) is 0. The van der Waals surface area contributed by atoms with Crippen LogP contribution in [-0.4, -0.2) is 36.9 Å². The Balaban J connectivity index is 1.80. The molecule has 72 valence electrons. The number of carbonyl (C=O) groups excluding carboxylic acids is 2. The van der Waals surface area contributed by atoms with E-state index in [4.69, 9.17) is 14.2 Å². The number of hydrogen-bond donors (Lipinski definition) is 0. The van der Waals surface area contributed by atoms with Gasteiger partial charge in [-0.1, -0.05) is 0 Å². The topological polar surface area (TPSA) is 65.1 Å². The summed E-state index contributed by atoms with van der Waals surface area (Å²) in [6, 6.07) is 0. The molecular formula is C8H10O5. The van der Waals surface area contributed by atoms with Crippen molar-refractivity contribution in [2.24, 2.45) is 0 Å². The molecule has 0 spiro atoms. The van der Waals surface area contributed by atoms with Gasteiger partial charge in [0, 0.05) is 13.3 Å². The van der Waals surface area contributed by atoms with Crippen LogP contribution in [0.3, 0.4) is 0 Å². The summed E-state index contributed by atoms with van der Waals surface area (Å²) in [5, 5.41) is 0. The Bertz CT molecular complexity index is 249. The number of epoxide rings is 1. The smallest absolute Gasteiger partial charge is 0.338 e. The zero-order chi connectivity index (χ0) is 9.42. The van der Waals surface area contributed by atoms with Gasteiger partial charge in [-0.15, -0.1) is 0 Å². The van der Waals surface area contributed by atoms with Crippen molar-refractivity contribution in [2.45, 2.75) is 31.7 Å². The largest absolute Gasteiger partial charge is 0.462 e. The van der Waals surface area contributed by atoms with Gasteiger partial charge in [-0.25, -0.2) is 4.79 Å². The lowest BCUT2D eigenvalue weighted by molar-refractivity contribution is -0.160. The number of carbonyl (C=O) groups is 2. The summed E-state index contributed by atoms with van der Waals surface area (Å²) < 4.78 is 14.7. The van der Waals surface area contributed by atoms with Gasteiger partial charge in [0.2, 0.25) is 0 Å². The average Bonchev–Trinajstić information content (AvgIpc) is 2.80. The third-order valence-corrected chi connectivity index (χ3v) is 2.07. The van der Waals surface area contributed by atoms with Crippen LogP contribution in [0.25, 0.3) is 0 Å². The molecule has 2 aliphatic heterocycles. The summed E-state index contributed by atoms with van der Waals surface area (Å²) in [4.78, 5) is 21.5. The van der Waals surface area contributed by atoms with Gasteiger partial charge in [0.05, 0.1) is 6.10 Å². The van der Waals surface area contributed by atoms with E-state index in [0.717, 1.165) is 0 Å². The van der Waals surface area contributed by atoms with E-state index in [1.54, 1.807) is 0 Å². The maximum atomic E-state index is 11.0. The maximum Gasteiger partial charge on any atom is 0.338 e. The van der Waals surface area contributed by atoms with Gasteiger partial charge in [-0.2, -0.15) is 0 Å². The summed E-state index contributed by atoms with van der Waals surface area (Å²) in [6.45, 7) is 1.45. The van der Waals surface area contributed by atoms with E-state index in [1.807, 2.05) is 0 Å². The van der Waals surface area contributed by atoms with Crippen LogP contribution in [0.15, 0.2) is 0 Å². The molecule has 2 fully saturated rings. The van der Waals surface area contributed by atoms with Crippen LogP contribution in [0.5, 0.6) is 0 Å². The van der Waals surface area contributed by atoms with Crippen LogP contribution in [0.2, 0.25) is 0 Å². The lowest BCUT2D eigenvalue weighted by Gasteiger charge is -2.18. The van der Waals surface area contributed by atoms with Crippen molar-refractivity contribution in [3.05, 3.63) is 0 Å². The lowest BCUT2D eigenvalue weighted by atomic mass is 10.1. The van der Waals surface area contributed by atoms with Crippen LogP contribution in [-0.2, 0) is 23.8 Å². The minimum atomic E-state index is -0.366. The van der Waals surface area contributed by atoms with E-state index in [9.17, 15) is 9.59 Å². The fourth-order valence-electron chi connectivity index (χ4n) is 1.38. The quantitative estimate of drug-likeness (QED) is 0.435. The molecule has 0 aromatic heterocycles. The van der Waals surface area contributed by atoms with Gasteiger partial charge in [-0.05, 0) is 0 Å². The molecular weight excluding hydrogens is 176 g/mol. The second-order valence-electron chi connectivity index (χ2n) is 3.19. The fraction of sp³-hybridized carbons (Fsp3) is 0.750. The molecule has 0 amide bonds. The normalized spacial score (nSPS) is 36.1. The van der Waals surface area contributed by atoms with Gasteiger partial charge < -0.3 is 14.2 Å². The van der Waals surface area contributed by atoms with Gasteiger partial charge in [0.15, 0.2) is 6.10 Å². The van der Waals surface area contributed by atoms with Gasteiger partial charge in [0.1, 0.15) is 12.7 Å².